The molecular formula is C14H25BrN2S. The molecule has 0 aliphatic rings. The summed E-state index contributed by atoms with van der Waals surface area (Å²) >= 11 is 5.34. The van der Waals surface area contributed by atoms with Crippen LogP contribution in [-0.2, 0) is 0 Å². The zero-order valence-electron chi connectivity index (χ0n) is 11.8. The Morgan fingerprint density at radius 1 is 1.33 bits per heavy atom. The summed E-state index contributed by atoms with van der Waals surface area (Å²) in [5, 5.41) is 0. The molecule has 0 bridgehead atoms. The minimum atomic E-state index is 0.199. The molecule has 0 radical (unpaired) electrons. The summed E-state index contributed by atoms with van der Waals surface area (Å²) in [6.45, 7) is 7.81. The van der Waals surface area contributed by atoms with Gasteiger partial charge < -0.3 is 5.73 Å². The fourth-order valence-corrected chi connectivity index (χ4v) is 3.87. The van der Waals surface area contributed by atoms with Crippen molar-refractivity contribution in [2.24, 2.45) is 11.7 Å². The van der Waals surface area contributed by atoms with Gasteiger partial charge in [-0.25, -0.2) is 0 Å². The first-order valence-corrected chi connectivity index (χ1v) is 8.31. The maximum Gasteiger partial charge on any atom is 0.0702 e. The van der Waals surface area contributed by atoms with Gasteiger partial charge in [-0.15, -0.1) is 11.3 Å². The summed E-state index contributed by atoms with van der Waals surface area (Å²) < 4.78 is 1.18. The molecule has 0 aliphatic heterocycles. The van der Waals surface area contributed by atoms with Gasteiger partial charge in [-0.3, -0.25) is 4.90 Å². The molecule has 0 amide bonds. The van der Waals surface area contributed by atoms with Crippen molar-refractivity contribution < 1.29 is 0 Å². The van der Waals surface area contributed by atoms with E-state index in [2.05, 4.69) is 60.8 Å². The van der Waals surface area contributed by atoms with Crippen LogP contribution in [0.5, 0.6) is 0 Å². The van der Waals surface area contributed by atoms with E-state index < -0.39 is 0 Å². The Morgan fingerprint density at radius 3 is 2.44 bits per heavy atom. The Kier molecular flexibility index (Phi) is 6.85. The molecule has 0 aliphatic carbocycles. The van der Waals surface area contributed by atoms with E-state index in [0.717, 1.165) is 13.0 Å². The van der Waals surface area contributed by atoms with E-state index in [9.17, 15) is 0 Å². The second-order valence-electron chi connectivity index (χ2n) is 5.11. The van der Waals surface area contributed by atoms with Crippen molar-refractivity contribution in [3.05, 3.63) is 20.8 Å². The number of nitrogens with zero attached hydrogens (tertiary/aromatic N) is 1. The zero-order valence-corrected chi connectivity index (χ0v) is 14.2. The molecule has 2 nitrogen and oxygen atoms in total. The van der Waals surface area contributed by atoms with E-state index >= 15 is 0 Å². The van der Waals surface area contributed by atoms with Crippen molar-refractivity contribution >= 4 is 27.3 Å². The van der Waals surface area contributed by atoms with E-state index in [4.69, 9.17) is 5.73 Å². The van der Waals surface area contributed by atoms with Crippen molar-refractivity contribution in [3.8, 4) is 0 Å². The van der Waals surface area contributed by atoms with Crippen LogP contribution >= 0.6 is 27.3 Å². The quantitative estimate of drug-likeness (QED) is 0.807. The van der Waals surface area contributed by atoms with Gasteiger partial charge in [-0.05, 0) is 47.4 Å². The van der Waals surface area contributed by atoms with Gasteiger partial charge in [0, 0.05) is 17.5 Å². The molecule has 1 heterocycles. The molecule has 18 heavy (non-hydrogen) atoms. The third kappa shape index (κ3) is 4.34. The van der Waals surface area contributed by atoms with Crippen molar-refractivity contribution in [2.75, 3.05) is 13.6 Å². The first-order chi connectivity index (χ1) is 8.49. The summed E-state index contributed by atoms with van der Waals surface area (Å²) in [6.07, 6.45) is 2.22. The maximum atomic E-state index is 6.33. The van der Waals surface area contributed by atoms with Gasteiger partial charge in [0.1, 0.15) is 0 Å². The highest BCUT2D eigenvalue weighted by atomic mass is 79.9. The Balaban J connectivity index is 2.84. The third-order valence-corrected chi connectivity index (χ3v) is 5.23. The van der Waals surface area contributed by atoms with Crippen molar-refractivity contribution in [1.29, 1.82) is 0 Å². The second kappa shape index (κ2) is 7.63. The number of rotatable bonds is 7. The number of hydrogen-bond donors (Lipinski definition) is 1. The molecule has 3 unspecified atom stereocenters. The SMILES string of the molecule is CCC(C)CN(C)C(c1ccc(Br)s1)C(N)CC. The van der Waals surface area contributed by atoms with Crippen LogP contribution in [0, 0.1) is 5.92 Å². The van der Waals surface area contributed by atoms with Crippen LogP contribution in [0.3, 0.4) is 0 Å². The highest BCUT2D eigenvalue weighted by Gasteiger charge is 2.25. The molecule has 0 spiro atoms. The Bertz CT molecular complexity index is 353. The monoisotopic (exact) mass is 332 g/mol. The van der Waals surface area contributed by atoms with Gasteiger partial charge in [0.25, 0.3) is 0 Å². The molecule has 1 aromatic heterocycles. The molecule has 0 aromatic carbocycles. The first-order valence-electron chi connectivity index (χ1n) is 6.70. The van der Waals surface area contributed by atoms with Crippen LogP contribution in [-0.4, -0.2) is 24.5 Å². The van der Waals surface area contributed by atoms with Crippen LogP contribution < -0.4 is 5.73 Å². The van der Waals surface area contributed by atoms with Crippen molar-refractivity contribution in [2.45, 2.75) is 45.7 Å². The van der Waals surface area contributed by atoms with E-state index in [1.807, 2.05) is 0 Å². The predicted octanol–water partition coefficient (Wildman–Crippen LogP) is 4.27. The largest absolute Gasteiger partial charge is 0.326 e. The third-order valence-electron chi connectivity index (χ3n) is 3.53. The van der Waals surface area contributed by atoms with Crippen molar-refractivity contribution in [1.82, 2.24) is 4.90 Å². The average molecular weight is 333 g/mol. The lowest BCUT2D eigenvalue weighted by molar-refractivity contribution is 0.185. The molecule has 2 N–H and O–H groups in total. The summed E-state index contributed by atoms with van der Waals surface area (Å²) in [4.78, 5) is 3.78. The fraction of sp³-hybridized carbons (Fsp3) is 0.714. The van der Waals surface area contributed by atoms with Gasteiger partial charge in [-0.2, -0.15) is 0 Å². The minimum Gasteiger partial charge on any atom is -0.326 e. The molecule has 0 fully saturated rings. The molecule has 1 rings (SSSR count). The molecule has 0 saturated heterocycles. The minimum absolute atomic E-state index is 0.199. The summed E-state index contributed by atoms with van der Waals surface area (Å²) in [5.74, 6) is 0.713. The topological polar surface area (TPSA) is 29.3 Å². The lowest BCUT2D eigenvalue weighted by Crippen LogP contribution is -2.40. The smallest absolute Gasteiger partial charge is 0.0702 e. The molecule has 4 heteroatoms. The number of halogens is 1. The Morgan fingerprint density at radius 2 is 2.00 bits per heavy atom. The lowest BCUT2D eigenvalue weighted by atomic mass is 10.0. The summed E-state index contributed by atoms with van der Waals surface area (Å²) in [7, 11) is 2.19. The summed E-state index contributed by atoms with van der Waals surface area (Å²) in [6, 6.07) is 4.85. The van der Waals surface area contributed by atoms with Crippen LogP contribution in [0.2, 0.25) is 0 Å². The molecule has 104 valence electrons. The van der Waals surface area contributed by atoms with Crippen molar-refractivity contribution in [3.63, 3.8) is 0 Å². The van der Waals surface area contributed by atoms with Crippen LogP contribution in [0.15, 0.2) is 15.9 Å². The molecule has 3 atom stereocenters. The van der Waals surface area contributed by atoms with Crippen LogP contribution in [0.25, 0.3) is 0 Å². The standard InChI is InChI=1S/C14H25BrN2S/c1-5-10(3)9-17(4)14(11(16)6-2)12-7-8-13(15)18-12/h7-8,10-11,14H,5-6,9,16H2,1-4H3. The normalized spacial score (nSPS) is 16.8. The summed E-state index contributed by atoms with van der Waals surface area (Å²) in [5.41, 5.74) is 6.33. The zero-order chi connectivity index (χ0) is 13.7. The first kappa shape index (κ1) is 16.2. The average Bonchev–Trinajstić information content (AvgIpc) is 2.75. The van der Waals surface area contributed by atoms with E-state index in [1.165, 1.54) is 15.1 Å². The Hall–Kier alpha value is 0.1000. The van der Waals surface area contributed by atoms with Crippen LogP contribution in [0.4, 0.5) is 0 Å². The predicted molar refractivity (Wildman–Crippen MR) is 85.1 cm³/mol. The number of thiophene rings is 1. The van der Waals surface area contributed by atoms with E-state index in [1.54, 1.807) is 11.3 Å². The van der Waals surface area contributed by atoms with Gasteiger partial charge in [0.15, 0.2) is 0 Å². The molecule has 0 saturated carbocycles. The van der Waals surface area contributed by atoms with E-state index in [0.29, 0.717) is 12.0 Å². The highest BCUT2D eigenvalue weighted by Crippen LogP contribution is 2.33. The number of likely N-dealkylation sites (N-methyl/N-ethyl adjacent to an activating group) is 1. The van der Waals surface area contributed by atoms with Gasteiger partial charge in [-0.1, -0.05) is 27.2 Å². The highest BCUT2D eigenvalue weighted by molar-refractivity contribution is 9.11. The Labute approximate surface area is 124 Å². The fourth-order valence-electron chi connectivity index (χ4n) is 2.20. The maximum absolute atomic E-state index is 6.33. The number of nitrogens with two attached hydrogens (primary N) is 1. The van der Waals surface area contributed by atoms with Crippen LogP contribution in [0.1, 0.15) is 44.5 Å². The van der Waals surface area contributed by atoms with E-state index in [-0.39, 0.29) is 6.04 Å². The molecular weight excluding hydrogens is 308 g/mol. The molecule has 1 aromatic rings. The lowest BCUT2D eigenvalue weighted by Gasteiger charge is -2.33. The van der Waals surface area contributed by atoms with Gasteiger partial charge >= 0.3 is 0 Å². The second-order valence-corrected chi connectivity index (χ2v) is 7.61. The van der Waals surface area contributed by atoms with Gasteiger partial charge in [0.2, 0.25) is 0 Å². The number of hydrogen-bond acceptors (Lipinski definition) is 3. The van der Waals surface area contributed by atoms with Gasteiger partial charge in [0.05, 0.1) is 9.83 Å².